The van der Waals surface area contributed by atoms with Crippen molar-refractivity contribution in [3.63, 3.8) is 0 Å². The SMILES string of the molecule is O.O.O.O.O.O.O=[N+]([O-])[O-].O=[N+]([O-])[O-].[Nd+3].[Nd+3]. The summed E-state index contributed by atoms with van der Waals surface area (Å²) in [5.41, 5.74) is 0. The fourth-order valence-electron chi connectivity index (χ4n) is 0. The van der Waals surface area contributed by atoms with Crippen LogP contribution in [-0.4, -0.2) is 43.0 Å². The molecule has 16 heavy (non-hydrogen) atoms. The number of rotatable bonds is 0. The molecule has 0 amide bonds. The molecule has 0 saturated carbocycles. The quantitative estimate of drug-likeness (QED) is 0.221. The minimum Gasteiger partial charge on any atom is -0.412 e. The van der Waals surface area contributed by atoms with Gasteiger partial charge in [0.15, 0.2) is 0 Å². The van der Waals surface area contributed by atoms with Crippen LogP contribution in [0.2, 0.25) is 0 Å². The summed E-state index contributed by atoms with van der Waals surface area (Å²) < 4.78 is 0. The first-order valence-electron chi connectivity index (χ1n) is 1.10. The molecule has 0 aliphatic heterocycles. The molecule has 0 unspecified atom stereocenters. The molecule has 0 aromatic carbocycles. The van der Waals surface area contributed by atoms with Gasteiger partial charge in [-0.25, -0.2) is 0 Å². The molecule has 0 heterocycles. The van der Waals surface area contributed by atoms with Crippen LogP contribution in [0.1, 0.15) is 0 Å². The van der Waals surface area contributed by atoms with Crippen LogP contribution in [0.5, 0.6) is 0 Å². The number of hydrogen-bond acceptors (Lipinski definition) is 6. The average Bonchev–Trinajstić information content (AvgIpc) is 1.25. The molecule has 98 valence electrons. The summed E-state index contributed by atoms with van der Waals surface area (Å²) in [6, 6.07) is 0. The topological polar surface area (TPSA) is 321 Å². The predicted molar refractivity (Wildman–Crippen MR) is 42.4 cm³/mol. The molecule has 0 saturated heterocycles. The van der Waals surface area contributed by atoms with Gasteiger partial charge in [-0.05, 0) is 0 Å². The van der Waals surface area contributed by atoms with Crippen molar-refractivity contribution in [3.8, 4) is 0 Å². The van der Waals surface area contributed by atoms with E-state index in [-0.39, 0.29) is 115 Å². The fourth-order valence-corrected chi connectivity index (χ4v) is 0. The summed E-state index contributed by atoms with van der Waals surface area (Å²) in [6.45, 7) is 0. The van der Waals surface area contributed by atoms with Crippen LogP contribution in [0, 0.1) is 112 Å². The molecule has 0 atom stereocenters. The second kappa shape index (κ2) is 74.4. The third-order valence-electron chi connectivity index (χ3n) is 0. The Morgan fingerprint density at radius 2 is 0.500 bits per heavy atom. The van der Waals surface area contributed by atoms with E-state index in [9.17, 15) is 0 Å². The Balaban J connectivity index is -0.00000000375. The molecule has 0 bridgehead atoms. The summed E-state index contributed by atoms with van der Waals surface area (Å²) >= 11 is 0. The molecule has 12 N–H and O–H groups in total. The number of hydrogen-bond donors (Lipinski definition) is 0. The van der Waals surface area contributed by atoms with E-state index >= 15 is 0 Å². The first kappa shape index (κ1) is 90.1. The molecule has 0 fully saturated rings. The Labute approximate surface area is 153 Å². The van der Waals surface area contributed by atoms with Crippen LogP contribution in [0.25, 0.3) is 0 Å². The van der Waals surface area contributed by atoms with E-state index in [1.54, 1.807) is 0 Å². The zero-order chi connectivity index (χ0) is 7.15. The monoisotopic (exact) mass is 516 g/mol. The molecule has 2 radical (unpaired) electrons. The second-order valence-electron chi connectivity index (χ2n) is 0.447. The van der Waals surface area contributed by atoms with Gasteiger partial charge in [0.2, 0.25) is 0 Å². The van der Waals surface area contributed by atoms with Crippen molar-refractivity contribution in [2.24, 2.45) is 0 Å². The second-order valence-corrected chi connectivity index (χ2v) is 0.447. The van der Waals surface area contributed by atoms with Gasteiger partial charge >= 0.3 is 81.7 Å². The van der Waals surface area contributed by atoms with E-state index in [0.29, 0.717) is 0 Å². The molecule has 14 nitrogen and oxygen atoms in total. The Morgan fingerprint density at radius 1 is 0.500 bits per heavy atom. The van der Waals surface area contributed by atoms with Crippen LogP contribution >= 0.6 is 0 Å². The Bertz CT molecular complexity index is 75.0. The van der Waals surface area contributed by atoms with E-state index in [1.807, 2.05) is 0 Å². The largest absolute Gasteiger partial charge is 3.00 e. The fraction of sp³-hybridized carbons (Fsp3) is 0. The van der Waals surface area contributed by atoms with Gasteiger partial charge < -0.3 is 63.5 Å². The maximum Gasteiger partial charge on any atom is 3.00 e. The Hall–Kier alpha value is 0.861. The first-order chi connectivity index (χ1) is 3.46. The van der Waals surface area contributed by atoms with Crippen LogP contribution in [0.3, 0.4) is 0 Å². The molecule has 0 aliphatic carbocycles. The maximum atomic E-state index is 8.25. The Morgan fingerprint density at radius 3 is 0.500 bits per heavy atom. The summed E-state index contributed by atoms with van der Waals surface area (Å²) in [4.78, 5) is 16.5. The van der Waals surface area contributed by atoms with E-state index in [2.05, 4.69) is 0 Å². The van der Waals surface area contributed by atoms with Crippen molar-refractivity contribution in [2.75, 3.05) is 0 Å². The van der Waals surface area contributed by atoms with Gasteiger partial charge in [-0.3, -0.25) is 0 Å². The van der Waals surface area contributed by atoms with Crippen LogP contribution in [0.4, 0.5) is 0 Å². The van der Waals surface area contributed by atoms with E-state index in [1.165, 1.54) is 0 Å². The van der Waals surface area contributed by atoms with Gasteiger partial charge in [0.1, 0.15) is 0 Å². The molecule has 0 aliphatic rings. The van der Waals surface area contributed by atoms with E-state index in [0.717, 1.165) is 0 Å². The standard InChI is InChI=1S/2NO3.2Nd.6H2O/c2*2-1(3)4;;;;;;;;/h;;;;6*1H2/q2*-1;2*+3;;;;;;. The third kappa shape index (κ3) is 3850. The summed E-state index contributed by atoms with van der Waals surface area (Å²) in [5, 5.41) is 29.5. The van der Waals surface area contributed by atoms with Gasteiger partial charge in [0.05, 0.1) is 10.2 Å². The van der Waals surface area contributed by atoms with Crippen molar-refractivity contribution >= 4 is 0 Å². The van der Waals surface area contributed by atoms with Crippen LogP contribution in [-0.2, 0) is 0 Å². The molecule has 0 rings (SSSR count). The van der Waals surface area contributed by atoms with Crippen molar-refractivity contribution in [2.45, 2.75) is 0 Å². The summed E-state index contributed by atoms with van der Waals surface area (Å²) in [5.74, 6) is 0. The van der Waals surface area contributed by atoms with Crippen LogP contribution in [0.15, 0.2) is 0 Å². The van der Waals surface area contributed by atoms with Gasteiger partial charge in [-0.1, -0.05) is 0 Å². The van der Waals surface area contributed by atoms with Crippen molar-refractivity contribution < 1.29 is 125 Å². The van der Waals surface area contributed by atoms with E-state index in [4.69, 9.17) is 30.6 Å². The zero-order valence-corrected chi connectivity index (χ0v) is 13.8. The van der Waals surface area contributed by atoms with Crippen LogP contribution < -0.4 is 0 Å². The van der Waals surface area contributed by atoms with Crippen molar-refractivity contribution in [1.82, 2.24) is 0 Å². The van der Waals surface area contributed by atoms with Gasteiger partial charge in [0.25, 0.3) is 0 Å². The summed E-state index contributed by atoms with van der Waals surface area (Å²) in [7, 11) is 0. The minimum absolute atomic E-state index is 0. The Kier molecular flexibility index (Phi) is 419. The molecule has 0 aromatic rings. The normalized spacial score (nSPS) is 3.00. The molecule has 0 aromatic heterocycles. The minimum atomic E-state index is -1.75. The predicted octanol–water partition coefficient (Wildman–Crippen LogP) is -5.43. The zero-order valence-electron chi connectivity index (χ0n) is 7.34. The molecular weight excluding hydrogens is 508 g/mol. The van der Waals surface area contributed by atoms with Crippen molar-refractivity contribution in [3.05, 3.63) is 30.6 Å². The maximum absolute atomic E-state index is 8.25. The molecule has 16 heteroatoms. The van der Waals surface area contributed by atoms with Gasteiger partial charge in [0, 0.05) is 0 Å². The summed E-state index contributed by atoms with van der Waals surface area (Å²) in [6.07, 6.45) is 0. The van der Waals surface area contributed by atoms with E-state index < -0.39 is 10.2 Å². The van der Waals surface area contributed by atoms with Gasteiger partial charge in [-0.2, -0.15) is 0 Å². The molecule has 0 spiro atoms. The smallest absolute Gasteiger partial charge is 0.412 e. The third-order valence-corrected chi connectivity index (χ3v) is 0. The van der Waals surface area contributed by atoms with Crippen molar-refractivity contribution in [1.29, 1.82) is 0 Å². The van der Waals surface area contributed by atoms with Gasteiger partial charge in [-0.15, -0.1) is 0 Å². The first-order valence-corrected chi connectivity index (χ1v) is 1.10. The average molecular weight is 521 g/mol. The number of nitrogens with zero attached hydrogens (tertiary/aromatic N) is 2. The molecular formula is H12N2Nd2O12+4.